The summed E-state index contributed by atoms with van der Waals surface area (Å²) < 4.78 is 37.2. The monoisotopic (exact) mass is 357 g/mol. The van der Waals surface area contributed by atoms with Crippen molar-refractivity contribution in [3.63, 3.8) is 0 Å². The van der Waals surface area contributed by atoms with E-state index in [0.717, 1.165) is 11.8 Å². The molecule has 1 atom stereocenters. The van der Waals surface area contributed by atoms with Crippen LogP contribution in [0.25, 0.3) is 6.08 Å². The molecule has 0 N–H and O–H groups in total. The maximum atomic E-state index is 13.7. The molecular formula is C14H12FNO3S3. The van der Waals surface area contributed by atoms with E-state index < -0.39 is 21.7 Å². The number of sulfone groups is 1. The third kappa shape index (κ3) is 2.95. The van der Waals surface area contributed by atoms with Gasteiger partial charge in [-0.05, 0) is 18.6 Å². The van der Waals surface area contributed by atoms with Crippen LogP contribution in [0.1, 0.15) is 12.0 Å². The fraction of sp³-hybridized carbons (Fsp3) is 0.286. The predicted octanol–water partition coefficient (Wildman–Crippen LogP) is 2.21. The summed E-state index contributed by atoms with van der Waals surface area (Å²) in [6.07, 6.45) is 1.85. The van der Waals surface area contributed by atoms with Crippen LogP contribution in [0.3, 0.4) is 0 Å². The zero-order valence-electron chi connectivity index (χ0n) is 11.4. The molecule has 2 aliphatic heterocycles. The number of thiocarbonyl (C=S) groups is 1. The molecule has 22 heavy (non-hydrogen) atoms. The van der Waals surface area contributed by atoms with Crippen LogP contribution in [0.2, 0.25) is 0 Å². The summed E-state index contributed by atoms with van der Waals surface area (Å²) in [5.41, 5.74) is 0.307. The molecule has 0 aromatic heterocycles. The number of hydrogen-bond donors (Lipinski definition) is 0. The van der Waals surface area contributed by atoms with E-state index in [1.165, 1.54) is 17.0 Å². The summed E-state index contributed by atoms with van der Waals surface area (Å²) in [5.74, 6) is -0.760. The van der Waals surface area contributed by atoms with Gasteiger partial charge in [0.25, 0.3) is 5.91 Å². The first-order valence-electron chi connectivity index (χ1n) is 6.59. The number of benzene rings is 1. The molecule has 116 valence electrons. The second kappa shape index (κ2) is 5.75. The van der Waals surface area contributed by atoms with Gasteiger partial charge in [0.2, 0.25) is 0 Å². The minimum absolute atomic E-state index is 0.0631. The van der Waals surface area contributed by atoms with Crippen molar-refractivity contribution in [2.24, 2.45) is 0 Å². The SMILES string of the molecule is O=C1/C(=C\c2ccccc2F)SC(=S)N1C1CCS(=O)(=O)C1. The Labute approximate surface area is 137 Å². The highest BCUT2D eigenvalue weighted by molar-refractivity contribution is 8.26. The topological polar surface area (TPSA) is 54.5 Å². The molecule has 0 spiro atoms. The number of thioether (sulfide) groups is 1. The predicted molar refractivity (Wildman–Crippen MR) is 88.5 cm³/mol. The Hall–Kier alpha value is -1.25. The first-order valence-corrected chi connectivity index (χ1v) is 9.64. The Balaban J connectivity index is 1.88. The molecule has 0 aliphatic carbocycles. The van der Waals surface area contributed by atoms with Gasteiger partial charge in [0.05, 0.1) is 22.5 Å². The Morgan fingerprint density at radius 1 is 1.36 bits per heavy atom. The number of halogens is 1. The van der Waals surface area contributed by atoms with Gasteiger partial charge >= 0.3 is 0 Å². The fourth-order valence-electron chi connectivity index (χ4n) is 2.51. The second-order valence-electron chi connectivity index (χ2n) is 5.13. The van der Waals surface area contributed by atoms with Crippen LogP contribution in [-0.4, -0.2) is 41.1 Å². The first-order chi connectivity index (χ1) is 10.4. The Morgan fingerprint density at radius 2 is 2.09 bits per heavy atom. The molecule has 1 amide bonds. The van der Waals surface area contributed by atoms with Crippen LogP contribution in [0.15, 0.2) is 29.2 Å². The van der Waals surface area contributed by atoms with E-state index in [0.29, 0.717) is 21.2 Å². The van der Waals surface area contributed by atoms with Crippen molar-refractivity contribution in [1.82, 2.24) is 4.90 Å². The van der Waals surface area contributed by atoms with Gasteiger partial charge < -0.3 is 0 Å². The highest BCUT2D eigenvalue weighted by atomic mass is 32.2. The third-order valence-corrected chi connectivity index (χ3v) is 6.67. The second-order valence-corrected chi connectivity index (χ2v) is 9.03. The van der Waals surface area contributed by atoms with Gasteiger partial charge in [-0.3, -0.25) is 9.69 Å². The van der Waals surface area contributed by atoms with Crippen LogP contribution in [0.5, 0.6) is 0 Å². The Bertz CT molecular complexity index is 788. The van der Waals surface area contributed by atoms with E-state index in [4.69, 9.17) is 12.2 Å². The molecule has 0 saturated carbocycles. The lowest BCUT2D eigenvalue weighted by atomic mass is 10.2. The molecule has 4 nitrogen and oxygen atoms in total. The van der Waals surface area contributed by atoms with E-state index in [2.05, 4.69) is 0 Å². The van der Waals surface area contributed by atoms with Gasteiger partial charge in [-0.1, -0.05) is 42.2 Å². The number of rotatable bonds is 2. The summed E-state index contributed by atoms with van der Waals surface area (Å²) in [7, 11) is -3.11. The Kier molecular flexibility index (Phi) is 4.09. The standard InChI is InChI=1S/C14H12FNO3S3/c15-11-4-2-1-3-9(11)7-12-13(17)16(14(20)21-12)10-5-6-22(18,19)8-10/h1-4,7,10H,5-6,8H2/b12-7+. The first kappa shape index (κ1) is 15.6. The van der Waals surface area contributed by atoms with Crippen molar-refractivity contribution in [1.29, 1.82) is 0 Å². The normalized spacial score (nSPS) is 26.1. The molecule has 1 aromatic rings. The Morgan fingerprint density at radius 3 is 2.73 bits per heavy atom. The summed E-state index contributed by atoms with van der Waals surface area (Å²) in [6.45, 7) is 0. The summed E-state index contributed by atoms with van der Waals surface area (Å²) in [6, 6.07) is 5.72. The minimum atomic E-state index is -3.11. The third-order valence-electron chi connectivity index (χ3n) is 3.59. The molecule has 2 fully saturated rings. The van der Waals surface area contributed by atoms with Gasteiger partial charge in [-0.15, -0.1) is 0 Å². The molecule has 2 heterocycles. The van der Waals surface area contributed by atoms with E-state index in [1.807, 2.05) is 0 Å². The molecule has 2 aliphatic rings. The lowest BCUT2D eigenvalue weighted by Crippen LogP contribution is -2.39. The molecule has 3 rings (SSSR count). The zero-order valence-corrected chi connectivity index (χ0v) is 13.8. The van der Waals surface area contributed by atoms with Gasteiger partial charge in [0.15, 0.2) is 9.84 Å². The summed E-state index contributed by atoms with van der Waals surface area (Å²) >= 11 is 6.27. The van der Waals surface area contributed by atoms with Crippen molar-refractivity contribution in [3.8, 4) is 0 Å². The van der Waals surface area contributed by atoms with Crippen LogP contribution < -0.4 is 0 Å². The molecule has 8 heteroatoms. The van der Waals surface area contributed by atoms with Gasteiger partial charge in [-0.25, -0.2) is 12.8 Å². The highest BCUT2D eigenvalue weighted by Gasteiger charge is 2.42. The minimum Gasteiger partial charge on any atom is -0.289 e. The van der Waals surface area contributed by atoms with Crippen molar-refractivity contribution in [2.75, 3.05) is 11.5 Å². The number of carbonyl (C=O) groups is 1. The maximum absolute atomic E-state index is 13.7. The van der Waals surface area contributed by atoms with Crippen molar-refractivity contribution in [2.45, 2.75) is 12.5 Å². The van der Waals surface area contributed by atoms with Crippen molar-refractivity contribution in [3.05, 3.63) is 40.6 Å². The molecule has 2 saturated heterocycles. The van der Waals surface area contributed by atoms with Gasteiger partial charge in [-0.2, -0.15) is 0 Å². The smallest absolute Gasteiger partial charge is 0.266 e. The molecule has 1 aromatic carbocycles. The van der Waals surface area contributed by atoms with Crippen molar-refractivity contribution < 1.29 is 17.6 Å². The van der Waals surface area contributed by atoms with E-state index in [1.54, 1.807) is 18.2 Å². The lowest BCUT2D eigenvalue weighted by Gasteiger charge is -2.20. The number of hydrogen-bond acceptors (Lipinski definition) is 5. The highest BCUT2D eigenvalue weighted by Crippen LogP contribution is 2.36. The van der Waals surface area contributed by atoms with E-state index in [9.17, 15) is 17.6 Å². The van der Waals surface area contributed by atoms with E-state index >= 15 is 0 Å². The average Bonchev–Trinajstić information content (AvgIpc) is 2.92. The van der Waals surface area contributed by atoms with Gasteiger partial charge in [0.1, 0.15) is 10.1 Å². The molecule has 1 unspecified atom stereocenters. The molecule has 0 bridgehead atoms. The number of amides is 1. The fourth-order valence-corrected chi connectivity index (χ4v) is 5.60. The van der Waals surface area contributed by atoms with Gasteiger partial charge in [0, 0.05) is 5.56 Å². The summed E-state index contributed by atoms with van der Waals surface area (Å²) in [4.78, 5) is 14.1. The van der Waals surface area contributed by atoms with Crippen LogP contribution >= 0.6 is 24.0 Å². The zero-order chi connectivity index (χ0) is 15.9. The van der Waals surface area contributed by atoms with Crippen molar-refractivity contribution >= 4 is 50.1 Å². The van der Waals surface area contributed by atoms with Crippen LogP contribution in [0.4, 0.5) is 4.39 Å². The maximum Gasteiger partial charge on any atom is 0.266 e. The molecular weight excluding hydrogens is 345 g/mol. The van der Waals surface area contributed by atoms with Crippen LogP contribution in [0, 0.1) is 5.82 Å². The number of carbonyl (C=O) groups excluding carboxylic acids is 1. The van der Waals surface area contributed by atoms with E-state index in [-0.39, 0.29) is 17.4 Å². The quantitative estimate of drug-likeness (QED) is 0.600. The average molecular weight is 357 g/mol. The largest absolute Gasteiger partial charge is 0.289 e. The van der Waals surface area contributed by atoms with Crippen LogP contribution in [-0.2, 0) is 14.6 Å². The lowest BCUT2D eigenvalue weighted by molar-refractivity contribution is -0.123. The molecule has 0 radical (unpaired) electrons. The number of nitrogens with zero attached hydrogens (tertiary/aromatic N) is 1. The summed E-state index contributed by atoms with van der Waals surface area (Å²) in [5, 5.41) is 0.